The van der Waals surface area contributed by atoms with Gasteiger partial charge in [-0.3, -0.25) is 4.68 Å². The van der Waals surface area contributed by atoms with Crippen LogP contribution in [0.3, 0.4) is 0 Å². The predicted octanol–water partition coefficient (Wildman–Crippen LogP) is 2.98. The highest BCUT2D eigenvalue weighted by Gasteiger charge is 2.15. The number of aryl methyl sites for hydroxylation is 2. The van der Waals surface area contributed by atoms with Gasteiger partial charge in [-0.1, -0.05) is 12.8 Å². The molecule has 1 atom stereocenters. The van der Waals surface area contributed by atoms with Crippen molar-refractivity contribution in [1.82, 2.24) is 15.1 Å². The molecule has 0 aliphatic carbocycles. The van der Waals surface area contributed by atoms with Gasteiger partial charge in [-0.2, -0.15) is 5.10 Å². The van der Waals surface area contributed by atoms with Crippen molar-refractivity contribution in [3.05, 3.63) is 17.0 Å². The molecule has 0 bridgehead atoms. The minimum atomic E-state index is 0.719. The maximum atomic E-state index is 4.61. The topological polar surface area (TPSA) is 29.9 Å². The molecule has 2 rings (SSSR count). The van der Waals surface area contributed by atoms with E-state index in [0.29, 0.717) is 0 Å². The molecule has 3 nitrogen and oxygen atoms in total. The molecule has 2 heterocycles. The van der Waals surface area contributed by atoms with Gasteiger partial charge in [0, 0.05) is 18.3 Å². The Morgan fingerprint density at radius 1 is 1.28 bits per heavy atom. The quantitative estimate of drug-likeness (QED) is 0.889. The molecule has 1 saturated heterocycles. The van der Waals surface area contributed by atoms with Gasteiger partial charge in [0.05, 0.1) is 5.69 Å². The third-order valence-corrected chi connectivity index (χ3v) is 4.24. The first-order valence-corrected chi connectivity index (χ1v) is 7.48. The van der Waals surface area contributed by atoms with E-state index in [1.54, 1.807) is 0 Å². The van der Waals surface area contributed by atoms with Crippen LogP contribution in [-0.4, -0.2) is 22.4 Å². The van der Waals surface area contributed by atoms with E-state index >= 15 is 0 Å². The van der Waals surface area contributed by atoms with Crippen molar-refractivity contribution in [2.45, 2.75) is 71.9 Å². The molecule has 0 radical (unpaired) electrons. The summed E-state index contributed by atoms with van der Waals surface area (Å²) in [4.78, 5) is 0. The van der Waals surface area contributed by atoms with Gasteiger partial charge in [0.2, 0.25) is 0 Å². The molecule has 3 heteroatoms. The molecule has 0 amide bonds. The Morgan fingerprint density at radius 3 is 2.83 bits per heavy atom. The van der Waals surface area contributed by atoms with Gasteiger partial charge < -0.3 is 5.32 Å². The van der Waals surface area contributed by atoms with E-state index < -0.39 is 0 Å². The van der Waals surface area contributed by atoms with Crippen molar-refractivity contribution in [3.8, 4) is 0 Å². The Hall–Kier alpha value is -0.830. The van der Waals surface area contributed by atoms with E-state index in [-0.39, 0.29) is 0 Å². The van der Waals surface area contributed by atoms with Crippen LogP contribution in [0.5, 0.6) is 0 Å². The fourth-order valence-corrected chi connectivity index (χ4v) is 3.07. The van der Waals surface area contributed by atoms with Gasteiger partial charge in [-0.05, 0) is 58.6 Å². The smallest absolute Gasteiger partial charge is 0.0628 e. The van der Waals surface area contributed by atoms with E-state index in [0.717, 1.165) is 12.6 Å². The number of hydrogen-bond acceptors (Lipinski definition) is 2. The Bertz CT molecular complexity index is 373. The zero-order valence-electron chi connectivity index (χ0n) is 12.1. The molecular formula is C15H27N3. The fraction of sp³-hybridized carbons (Fsp3) is 0.800. The summed E-state index contributed by atoms with van der Waals surface area (Å²) in [7, 11) is 0. The average Bonchev–Trinajstić information content (AvgIpc) is 2.58. The number of nitrogens with one attached hydrogen (secondary N) is 1. The first kappa shape index (κ1) is 13.6. The summed E-state index contributed by atoms with van der Waals surface area (Å²) >= 11 is 0. The molecule has 0 saturated carbocycles. The molecule has 1 aliphatic rings. The molecule has 1 fully saturated rings. The highest BCUT2D eigenvalue weighted by Crippen LogP contribution is 2.18. The zero-order valence-corrected chi connectivity index (χ0v) is 12.1. The third-order valence-electron chi connectivity index (χ3n) is 4.24. The summed E-state index contributed by atoms with van der Waals surface area (Å²) in [6.45, 7) is 8.70. The molecular weight excluding hydrogens is 222 g/mol. The third kappa shape index (κ3) is 3.14. The lowest BCUT2D eigenvalue weighted by molar-refractivity contribution is 0.477. The van der Waals surface area contributed by atoms with Crippen LogP contribution in [0.2, 0.25) is 0 Å². The molecule has 0 aromatic carbocycles. The molecule has 1 aliphatic heterocycles. The lowest BCUT2D eigenvalue weighted by Gasteiger charge is -2.15. The fourth-order valence-electron chi connectivity index (χ4n) is 3.07. The van der Waals surface area contributed by atoms with E-state index in [1.807, 2.05) is 0 Å². The van der Waals surface area contributed by atoms with Gasteiger partial charge in [0.15, 0.2) is 0 Å². The number of rotatable bonds is 4. The van der Waals surface area contributed by atoms with Crippen LogP contribution >= 0.6 is 0 Å². The normalized spacial score (nSPS) is 20.9. The standard InChI is InChI=1S/C15H27N3/c1-4-18-13(3)15(12(2)17-18)10-9-14-8-6-5-7-11-16-14/h14,16H,4-11H2,1-3H3. The Labute approximate surface area is 111 Å². The highest BCUT2D eigenvalue weighted by atomic mass is 15.3. The van der Waals surface area contributed by atoms with Crippen LogP contribution in [0, 0.1) is 13.8 Å². The van der Waals surface area contributed by atoms with Crippen molar-refractivity contribution in [2.75, 3.05) is 6.54 Å². The monoisotopic (exact) mass is 249 g/mol. The van der Waals surface area contributed by atoms with Crippen LogP contribution in [-0.2, 0) is 13.0 Å². The van der Waals surface area contributed by atoms with Crippen molar-refractivity contribution in [2.24, 2.45) is 0 Å². The van der Waals surface area contributed by atoms with Crippen LogP contribution in [0.25, 0.3) is 0 Å². The minimum absolute atomic E-state index is 0.719. The SMILES string of the molecule is CCn1nc(C)c(CCC2CCCCCN2)c1C. The zero-order chi connectivity index (χ0) is 13.0. The average molecular weight is 249 g/mol. The summed E-state index contributed by atoms with van der Waals surface area (Å²) in [6, 6.07) is 0.719. The lowest BCUT2D eigenvalue weighted by Crippen LogP contribution is -2.28. The van der Waals surface area contributed by atoms with Crippen molar-refractivity contribution in [3.63, 3.8) is 0 Å². The minimum Gasteiger partial charge on any atom is -0.314 e. The first-order chi connectivity index (χ1) is 8.72. The van der Waals surface area contributed by atoms with Gasteiger partial charge >= 0.3 is 0 Å². The van der Waals surface area contributed by atoms with Gasteiger partial charge in [0.25, 0.3) is 0 Å². The van der Waals surface area contributed by atoms with E-state index in [2.05, 4.69) is 35.9 Å². The largest absolute Gasteiger partial charge is 0.314 e. The summed E-state index contributed by atoms with van der Waals surface area (Å²) in [5.41, 5.74) is 4.06. The molecule has 1 unspecified atom stereocenters. The van der Waals surface area contributed by atoms with Crippen LogP contribution in [0.4, 0.5) is 0 Å². The maximum Gasteiger partial charge on any atom is 0.0628 e. The molecule has 102 valence electrons. The summed E-state index contributed by atoms with van der Waals surface area (Å²) in [5, 5.41) is 8.29. The van der Waals surface area contributed by atoms with E-state index in [9.17, 15) is 0 Å². The summed E-state index contributed by atoms with van der Waals surface area (Å²) in [5.74, 6) is 0. The first-order valence-electron chi connectivity index (χ1n) is 7.48. The Balaban J connectivity index is 1.94. The number of aromatic nitrogens is 2. The Kier molecular flexibility index (Phi) is 4.81. The van der Waals surface area contributed by atoms with Gasteiger partial charge in [0.1, 0.15) is 0 Å². The van der Waals surface area contributed by atoms with Gasteiger partial charge in [-0.15, -0.1) is 0 Å². The van der Waals surface area contributed by atoms with Crippen LogP contribution < -0.4 is 5.32 Å². The van der Waals surface area contributed by atoms with Crippen LogP contribution in [0.1, 0.15) is 56.0 Å². The second-order valence-corrected chi connectivity index (χ2v) is 5.50. The van der Waals surface area contributed by atoms with Crippen molar-refractivity contribution >= 4 is 0 Å². The highest BCUT2D eigenvalue weighted by molar-refractivity contribution is 5.24. The van der Waals surface area contributed by atoms with E-state index in [1.165, 1.54) is 62.0 Å². The molecule has 18 heavy (non-hydrogen) atoms. The molecule has 1 aromatic heterocycles. The molecule has 1 N–H and O–H groups in total. The summed E-state index contributed by atoms with van der Waals surface area (Å²) < 4.78 is 2.13. The second-order valence-electron chi connectivity index (χ2n) is 5.50. The predicted molar refractivity (Wildman–Crippen MR) is 76.0 cm³/mol. The second kappa shape index (κ2) is 6.37. The Morgan fingerprint density at radius 2 is 2.11 bits per heavy atom. The van der Waals surface area contributed by atoms with Crippen LogP contribution in [0.15, 0.2) is 0 Å². The lowest BCUT2D eigenvalue weighted by atomic mass is 10.0. The maximum absolute atomic E-state index is 4.61. The van der Waals surface area contributed by atoms with E-state index in [4.69, 9.17) is 0 Å². The van der Waals surface area contributed by atoms with Gasteiger partial charge in [-0.25, -0.2) is 0 Å². The molecule has 0 spiro atoms. The summed E-state index contributed by atoms with van der Waals surface area (Å²) in [6.07, 6.45) is 7.92. The molecule has 1 aromatic rings. The van der Waals surface area contributed by atoms with Crippen molar-refractivity contribution in [1.29, 1.82) is 0 Å². The van der Waals surface area contributed by atoms with Crippen molar-refractivity contribution < 1.29 is 0 Å². The number of nitrogens with zero attached hydrogens (tertiary/aromatic N) is 2. The number of hydrogen-bond donors (Lipinski definition) is 1.